The minimum absolute atomic E-state index is 0.0594. The molecule has 0 aliphatic heterocycles. The van der Waals surface area contributed by atoms with Crippen LogP contribution >= 0.6 is 0 Å². The predicted molar refractivity (Wildman–Crippen MR) is 86.6 cm³/mol. The van der Waals surface area contributed by atoms with Gasteiger partial charge in [0.1, 0.15) is 0 Å². The number of nitrogens with one attached hydrogen (secondary N) is 2. The van der Waals surface area contributed by atoms with Crippen LogP contribution in [0.25, 0.3) is 0 Å². The van der Waals surface area contributed by atoms with Crippen LogP contribution in [0.4, 0.5) is 5.69 Å². The molecule has 0 heterocycles. The Morgan fingerprint density at radius 3 is 2.18 bits per heavy atom. The normalized spacial score (nSPS) is 11.2. The highest BCUT2D eigenvalue weighted by molar-refractivity contribution is 7.89. The summed E-state index contributed by atoms with van der Waals surface area (Å²) in [5.41, 5.74) is 2.94. The fraction of sp³-hybridized carbons (Fsp3) is 0.188. The van der Waals surface area contributed by atoms with Crippen molar-refractivity contribution in [3.8, 4) is 0 Å². The van der Waals surface area contributed by atoms with Gasteiger partial charge < -0.3 is 5.32 Å². The van der Waals surface area contributed by atoms with Crippen molar-refractivity contribution in [2.75, 3.05) is 12.4 Å². The summed E-state index contributed by atoms with van der Waals surface area (Å²) in [5, 5.41) is 2.84. The quantitative estimate of drug-likeness (QED) is 0.909. The molecule has 2 aromatic carbocycles. The Labute approximate surface area is 130 Å². The standard InChI is InChI=1S/C16H18N2O3S/c1-11-6-4-7-12(2)15(11)18-16(19)13-8-5-9-14(10-13)22(20,21)17-3/h4-10,17H,1-3H3,(H,18,19). The highest BCUT2D eigenvalue weighted by Gasteiger charge is 2.15. The maximum atomic E-state index is 12.4. The average Bonchev–Trinajstić information content (AvgIpc) is 2.51. The Kier molecular flexibility index (Phi) is 4.63. The van der Waals surface area contributed by atoms with Crippen molar-refractivity contribution in [3.05, 3.63) is 59.2 Å². The van der Waals surface area contributed by atoms with Gasteiger partial charge in [0, 0.05) is 11.3 Å². The lowest BCUT2D eigenvalue weighted by Gasteiger charge is -2.12. The molecule has 22 heavy (non-hydrogen) atoms. The average molecular weight is 318 g/mol. The first-order valence-electron chi connectivity index (χ1n) is 6.76. The van der Waals surface area contributed by atoms with Crippen LogP contribution in [-0.4, -0.2) is 21.4 Å². The van der Waals surface area contributed by atoms with Gasteiger partial charge in [-0.05, 0) is 50.2 Å². The highest BCUT2D eigenvalue weighted by Crippen LogP contribution is 2.21. The van der Waals surface area contributed by atoms with Crippen molar-refractivity contribution in [2.24, 2.45) is 0 Å². The van der Waals surface area contributed by atoms with E-state index in [4.69, 9.17) is 0 Å². The summed E-state index contributed by atoms with van der Waals surface area (Å²) < 4.78 is 25.8. The van der Waals surface area contributed by atoms with Gasteiger partial charge in [0.2, 0.25) is 10.0 Å². The van der Waals surface area contributed by atoms with Crippen molar-refractivity contribution in [1.82, 2.24) is 4.72 Å². The molecule has 0 spiro atoms. The first-order valence-corrected chi connectivity index (χ1v) is 8.24. The van der Waals surface area contributed by atoms with E-state index in [-0.39, 0.29) is 10.8 Å². The molecule has 0 aliphatic rings. The summed E-state index contributed by atoms with van der Waals surface area (Å²) in [5.74, 6) is -0.342. The summed E-state index contributed by atoms with van der Waals surface area (Å²) in [4.78, 5) is 12.4. The fourth-order valence-corrected chi connectivity index (χ4v) is 2.90. The molecule has 0 bridgehead atoms. The van der Waals surface area contributed by atoms with Gasteiger partial charge in [0.25, 0.3) is 5.91 Å². The van der Waals surface area contributed by atoms with Gasteiger partial charge in [0.05, 0.1) is 4.90 Å². The SMILES string of the molecule is CNS(=O)(=O)c1cccc(C(=O)Nc2c(C)cccc2C)c1. The van der Waals surface area contributed by atoms with Crippen LogP contribution in [-0.2, 0) is 10.0 Å². The number of hydrogen-bond donors (Lipinski definition) is 2. The Bertz CT molecular complexity index is 794. The topological polar surface area (TPSA) is 75.3 Å². The molecule has 0 unspecified atom stereocenters. The summed E-state index contributed by atoms with van der Waals surface area (Å²) >= 11 is 0. The minimum Gasteiger partial charge on any atom is -0.322 e. The number of amides is 1. The second-order valence-electron chi connectivity index (χ2n) is 4.96. The van der Waals surface area contributed by atoms with E-state index in [1.807, 2.05) is 32.0 Å². The fourth-order valence-electron chi connectivity index (χ4n) is 2.12. The number of para-hydroxylation sites is 1. The predicted octanol–water partition coefficient (Wildman–Crippen LogP) is 2.46. The molecular formula is C16H18N2O3S. The molecule has 2 N–H and O–H groups in total. The smallest absolute Gasteiger partial charge is 0.255 e. The molecule has 0 saturated carbocycles. The van der Waals surface area contributed by atoms with Crippen LogP contribution < -0.4 is 10.0 Å². The Morgan fingerprint density at radius 1 is 1.00 bits per heavy atom. The lowest BCUT2D eigenvalue weighted by atomic mass is 10.1. The lowest BCUT2D eigenvalue weighted by molar-refractivity contribution is 0.102. The van der Waals surface area contributed by atoms with E-state index in [0.717, 1.165) is 16.8 Å². The molecule has 0 atom stereocenters. The van der Waals surface area contributed by atoms with Crippen molar-refractivity contribution < 1.29 is 13.2 Å². The molecular weight excluding hydrogens is 300 g/mol. The van der Waals surface area contributed by atoms with E-state index < -0.39 is 10.0 Å². The Morgan fingerprint density at radius 2 is 1.59 bits per heavy atom. The number of benzene rings is 2. The number of anilines is 1. The molecule has 5 nitrogen and oxygen atoms in total. The van der Waals surface area contributed by atoms with Gasteiger partial charge in [-0.3, -0.25) is 4.79 Å². The number of aryl methyl sites for hydroxylation is 2. The van der Waals surface area contributed by atoms with Crippen molar-refractivity contribution in [3.63, 3.8) is 0 Å². The van der Waals surface area contributed by atoms with E-state index in [0.29, 0.717) is 5.56 Å². The molecule has 6 heteroatoms. The molecule has 0 radical (unpaired) electrons. The zero-order valence-corrected chi connectivity index (χ0v) is 13.5. The summed E-state index contributed by atoms with van der Waals surface area (Å²) in [6.45, 7) is 3.81. The van der Waals surface area contributed by atoms with Gasteiger partial charge in [-0.15, -0.1) is 0 Å². The maximum absolute atomic E-state index is 12.4. The Hall–Kier alpha value is -2.18. The van der Waals surface area contributed by atoms with Crippen LogP contribution in [0.5, 0.6) is 0 Å². The molecule has 2 aromatic rings. The van der Waals surface area contributed by atoms with Gasteiger partial charge in [-0.1, -0.05) is 24.3 Å². The molecule has 2 rings (SSSR count). The summed E-state index contributed by atoms with van der Waals surface area (Å²) in [7, 11) is -2.24. The first kappa shape index (κ1) is 16.2. The minimum atomic E-state index is -3.57. The number of carbonyl (C=O) groups excluding carboxylic acids is 1. The number of hydrogen-bond acceptors (Lipinski definition) is 3. The van der Waals surface area contributed by atoms with Crippen molar-refractivity contribution >= 4 is 21.6 Å². The highest BCUT2D eigenvalue weighted by atomic mass is 32.2. The molecule has 0 fully saturated rings. The monoisotopic (exact) mass is 318 g/mol. The third-order valence-corrected chi connectivity index (χ3v) is 4.81. The molecule has 0 saturated heterocycles. The van der Waals surface area contributed by atoms with Gasteiger partial charge >= 0.3 is 0 Å². The molecule has 116 valence electrons. The van der Waals surface area contributed by atoms with E-state index in [1.165, 1.54) is 19.2 Å². The van der Waals surface area contributed by atoms with Gasteiger partial charge in [-0.2, -0.15) is 0 Å². The third-order valence-electron chi connectivity index (χ3n) is 3.39. The van der Waals surface area contributed by atoms with Gasteiger partial charge in [0.15, 0.2) is 0 Å². The first-order chi connectivity index (χ1) is 10.3. The van der Waals surface area contributed by atoms with Crippen molar-refractivity contribution in [1.29, 1.82) is 0 Å². The molecule has 0 aliphatic carbocycles. The number of sulfonamides is 1. The van der Waals surface area contributed by atoms with Crippen molar-refractivity contribution in [2.45, 2.75) is 18.7 Å². The zero-order chi connectivity index (χ0) is 16.3. The molecule has 0 aromatic heterocycles. The van der Waals surface area contributed by atoms with E-state index in [9.17, 15) is 13.2 Å². The number of carbonyl (C=O) groups is 1. The molecule has 1 amide bonds. The van der Waals surface area contributed by atoms with Crippen LogP contribution in [0.2, 0.25) is 0 Å². The zero-order valence-electron chi connectivity index (χ0n) is 12.7. The Balaban J connectivity index is 2.33. The van der Waals surface area contributed by atoms with Crippen LogP contribution in [0, 0.1) is 13.8 Å². The second-order valence-corrected chi connectivity index (χ2v) is 6.84. The lowest BCUT2D eigenvalue weighted by Crippen LogP contribution is -2.20. The third kappa shape index (κ3) is 3.35. The largest absolute Gasteiger partial charge is 0.322 e. The van der Waals surface area contributed by atoms with Crippen LogP contribution in [0.3, 0.4) is 0 Å². The van der Waals surface area contributed by atoms with E-state index >= 15 is 0 Å². The van der Waals surface area contributed by atoms with Crippen LogP contribution in [0.1, 0.15) is 21.5 Å². The second kappa shape index (κ2) is 6.29. The summed E-state index contributed by atoms with van der Waals surface area (Å²) in [6, 6.07) is 11.7. The maximum Gasteiger partial charge on any atom is 0.255 e. The van der Waals surface area contributed by atoms with Crippen LogP contribution in [0.15, 0.2) is 47.4 Å². The summed E-state index contributed by atoms with van der Waals surface area (Å²) in [6.07, 6.45) is 0. The number of rotatable bonds is 4. The van der Waals surface area contributed by atoms with Gasteiger partial charge in [-0.25, -0.2) is 13.1 Å². The van der Waals surface area contributed by atoms with E-state index in [2.05, 4.69) is 10.0 Å². The van der Waals surface area contributed by atoms with E-state index in [1.54, 1.807) is 12.1 Å².